The molecule has 0 saturated heterocycles. The van der Waals surface area contributed by atoms with Crippen LogP contribution in [0.2, 0.25) is 0 Å². The summed E-state index contributed by atoms with van der Waals surface area (Å²) in [5, 5.41) is 0. The molecule has 2 N–H and O–H groups in total. The van der Waals surface area contributed by atoms with E-state index in [0.29, 0.717) is 6.04 Å². The average molecular weight is 283 g/mol. The first kappa shape index (κ1) is 13.8. The van der Waals surface area contributed by atoms with Gasteiger partial charge in [0.25, 0.3) is 0 Å². The van der Waals surface area contributed by atoms with Crippen LogP contribution in [0.4, 0.5) is 0 Å². The third kappa shape index (κ3) is 2.34. The van der Waals surface area contributed by atoms with E-state index in [-0.39, 0.29) is 0 Å². The molecule has 3 aliphatic carbocycles. The molecule has 0 aliphatic heterocycles. The molecule has 21 heavy (non-hydrogen) atoms. The quantitative estimate of drug-likeness (QED) is 0.868. The van der Waals surface area contributed by atoms with Crippen LogP contribution in [-0.2, 0) is 6.42 Å². The highest BCUT2D eigenvalue weighted by molar-refractivity contribution is 5.40. The fourth-order valence-corrected chi connectivity index (χ4v) is 5.51. The molecule has 1 aromatic rings. The summed E-state index contributed by atoms with van der Waals surface area (Å²) in [6.45, 7) is 2.35. The van der Waals surface area contributed by atoms with Gasteiger partial charge in [-0.1, -0.05) is 50.5 Å². The summed E-state index contributed by atoms with van der Waals surface area (Å²) in [6, 6.07) is 9.58. The van der Waals surface area contributed by atoms with E-state index in [1.54, 1.807) is 11.1 Å². The van der Waals surface area contributed by atoms with E-state index in [9.17, 15) is 0 Å². The highest BCUT2D eigenvalue weighted by Gasteiger charge is 2.56. The number of aryl methyl sites for hydroxylation is 1. The molecule has 0 aromatic heterocycles. The van der Waals surface area contributed by atoms with Crippen molar-refractivity contribution in [2.75, 3.05) is 0 Å². The second-order valence-electron chi connectivity index (χ2n) is 7.78. The number of fused-ring (bicyclic) bond motifs is 3. The van der Waals surface area contributed by atoms with Crippen LogP contribution < -0.4 is 5.73 Å². The van der Waals surface area contributed by atoms with E-state index >= 15 is 0 Å². The highest BCUT2D eigenvalue weighted by atomic mass is 14.8. The monoisotopic (exact) mass is 283 g/mol. The Hall–Kier alpha value is -0.820. The van der Waals surface area contributed by atoms with Crippen molar-refractivity contribution in [3.05, 3.63) is 35.4 Å². The minimum absolute atomic E-state index is 0.459. The minimum Gasteiger partial charge on any atom is -0.327 e. The number of hydrogen-bond donors (Lipinski definition) is 1. The summed E-state index contributed by atoms with van der Waals surface area (Å²) in [5.41, 5.74) is 10.0. The van der Waals surface area contributed by atoms with Crippen LogP contribution in [0.25, 0.3) is 0 Å². The van der Waals surface area contributed by atoms with Crippen LogP contribution in [0.15, 0.2) is 24.3 Å². The number of benzene rings is 1. The van der Waals surface area contributed by atoms with Crippen LogP contribution in [0.5, 0.6) is 0 Å². The van der Waals surface area contributed by atoms with Gasteiger partial charge >= 0.3 is 0 Å². The summed E-state index contributed by atoms with van der Waals surface area (Å²) >= 11 is 0. The molecule has 4 rings (SSSR count). The number of rotatable bonds is 3. The third-order valence-corrected chi connectivity index (χ3v) is 6.78. The lowest BCUT2D eigenvalue weighted by Crippen LogP contribution is -2.36. The van der Waals surface area contributed by atoms with E-state index in [2.05, 4.69) is 31.2 Å². The van der Waals surface area contributed by atoms with Gasteiger partial charge in [0.05, 0.1) is 0 Å². The molecule has 6 atom stereocenters. The number of nitrogens with two attached hydrogens (primary N) is 1. The maximum atomic E-state index is 6.79. The molecule has 1 heteroatoms. The average Bonchev–Trinajstić information content (AvgIpc) is 3.29. The summed E-state index contributed by atoms with van der Waals surface area (Å²) in [7, 11) is 0. The largest absolute Gasteiger partial charge is 0.327 e. The van der Waals surface area contributed by atoms with E-state index in [1.807, 2.05) is 0 Å². The van der Waals surface area contributed by atoms with Crippen molar-refractivity contribution in [1.82, 2.24) is 0 Å². The van der Waals surface area contributed by atoms with Crippen molar-refractivity contribution in [2.24, 2.45) is 29.4 Å². The topological polar surface area (TPSA) is 26.0 Å². The Balaban J connectivity index is 1.49. The van der Waals surface area contributed by atoms with Crippen LogP contribution in [0.1, 0.15) is 62.5 Å². The van der Waals surface area contributed by atoms with Gasteiger partial charge in [0.2, 0.25) is 0 Å². The Kier molecular flexibility index (Phi) is 3.57. The van der Waals surface area contributed by atoms with Gasteiger partial charge in [-0.05, 0) is 66.4 Å². The molecule has 1 aromatic carbocycles. The summed E-state index contributed by atoms with van der Waals surface area (Å²) in [4.78, 5) is 0. The molecule has 114 valence electrons. The van der Waals surface area contributed by atoms with Crippen molar-refractivity contribution in [1.29, 1.82) is 0 Å². The first-order valence-electron chi connectivity index (χ1n) is 9.13. The molecule has 0 amide bonds. The van der Waals surface area contributed by atoms with Crippen molar-refractivity contribution < 1.29 is 0 Å². The number of hydrogen-bond acceptors (Lipinski definition) is 1. The molecule has 0 radical (unpaired) electrons. The van der Waals surface area contributed by atoms with Gasteiger partial charge in [-0.25, -0.2) is 0 Å². The first-order valence-corrected chi connectivity index (χ1v) is 9.13. The Morgan fingerprint density at radius 2 is 2.05 bits per heavy atom. The molecule has 0 spiro atoms. The third-order valence-electron chi connectivity index (χ3n) is 6.78. The predicted octanol–water partition coefficient (Wildman–Crippen LogP) is 4.51. The van der Waals surface area contributed by atoms with Crippen molar-refractivity contribution >= 4 is 0 Å². The zero-order valence-corrected chi connectivity index (χ0v) is 13.3. The van der Waals surface area contributed by atoms with Crippen LogP contribution >= 0.6 is 0 Å². The second kappa shape index (κ2) is 5.43. The van der Waals surface area contributed by atoms with E-state index in [4.69, 9.17) is 5.73 Å². The highest BCUT2D eigenvalue weighted by Crippen LogP contribution is 2.62. The molecule has 2 fully saturated rings. The molecule has 1 nitrogen and oxygen atoms in total. The van der Waals surface area contributed by atoms with E-state index in [0.717, 1.165) is 29.6 Å². The Labute approximate surface area is 129 Å². The van der Waals surface area contributed by atoms with Gasteiger partial charge in [0.15, 0.2) is 0 Å². The van der Waals surface area contributed by atoms with Crippen molar-refractivity contribution in [2.45, 2.75) is 63.8 Å². The SMILES string of the molecule is CCC1CCCC(C(N)C2C3CCc4ccccc4C32)C1. The fraction of sp³-hybridized carbons (Fsp3) is 0.700. The summed E-state index contributed by atoms with van der Waals surface area (Å²) in [6.07, 6.45) is 9.65. The smallest absolute Gasteiger partial charge is 0.0105 e. The molecule has 3 aliphatic rings. The lowest BCUT2D eigenvalue weighted by atomic mass is 9.75. The van der Waals surface area contributed by atoms with Crippen LogP contribution in [0.3, 0.4) is 0 Å². The van der Waals surface area contributed by atoms with Crippen LogP contribution in [-0.4, -0.2) is 6.04 Å². The molecular weight excluding hydrogens is 254 g/mol. The molecule has 0 bridgehead atoms. The van der Waals surface area contributed by atoms with Crippen LogP contribution in [0, 0.1) is 23.7 Å². The first-order chi connectivity index (χ1) is 10.3. The maximum Gasteiger partial charge on any atom is 0.0105 e. The molecule has 2 saturated carbocycles. The second-order valence-corrected chi connectivity index (χ2v) is 7.78. The Morgan fingerprint density at radius 1 is 1.19 bits per heavy atom. The van der Waals surface area contributed by atoms with Crippen molar-refractivity contribution in [3.8, 4) is 0 Å². The van der Waals surface area contributed by atoms with Gasteiger partial charge in [-0.2, -0.15) is 0 Å². The molecular formula is C20H29N. The van der Waals surface area contributed by atoms with Gasteiger partial charge in [-0.3, -0.25) is 0 Å². The maximum absolute atomic E-state index is 6.79. The predicted molar refractivity (Wildman–Crippen MR) is 88.2 cm³/mol. The van der Waals surface area contributed by atoms with Gasteiger partial charge in [0.1, 0.15) is 0 Å². The van der Waals surface area contributed by atoms with Crippen molar-refractivity contribution in [3.63, 3.8) is 0 Å². The minimum atomic E-state index is 0.459. The Morgan fingerprint density at radius 3 is 2.90 bits per heavy atom. The summed E-state index contributed by atoms with van der Waals surface area (Å²) < 4.78 is 0. The Bertz CT molecular complexity index is 508. The van der Waals surface area contributed by atoms with E-state index < -0.39 is 0 Å². The van der Waals surface area contributed by atoms with Gasteiger partial charge in [0, 0.05) is 6.04 Å². The zero-order chi connectivity index (χ0) is 14.4. The molecule has 0 heterocycles. The standard InChI is InChI=1S/C20H29N/c1-2-13-6-5-8-15(12-13)20(21)19-17-11-10-14-7-3-4-9-16(14)18(17)19/h3-4,7,9,13,15,17-20H,2,5-6,8,10-12,21H2,1H3. The lowest BCUT2D eigenvalue weighted by Gasteiger charge is -2.33. The normalized spacial score (nSPS) is 39.2. The molecule has 6 unspecified atom stereocenters. The van der Waals surface area contributed by atoms with Gasteiger partial charge in [-0.15, -0.1) is 0 Å². The zero-order valence-electron chi connectivity index (χ0n) is 13.3. The fourth-order valence-electron chi connectivity index (χ4n) is 5.51. The lowest BCUT2D eigenvalue weighted by molar-refractivity contribution is 0.213. The summed E-state index contributed by atoms with van der Waals surface area (Å²) in [5.74, 6) is 4.23. The van der Waals surface area contributed by atoms with E-state index in [1.165, 1.54) is 44.9 Å². The van der Waals surface area contributed by atoms with Gasteiger partial charge < -0.3 is 5.73 Å².